The molecule has 15 heavy (non-hydrogen) atoms. The van der Waals surface area contributed by atoms with Crippen molar-refractivity contribution in [2.45, 2.75) is 18.5 Å². The van der Waals surface area contributed by atoms with E-state index >= 15 is 0 Å². The summed E-state index contributed by atoms with van der Waals surface area (Å²) in [4.78, 5) is 3.97. The molecule has 0 unspecified atom stereocenters. The summed E-state index contributed by atoms with van der Waals surface area (Å²) in [6, 6.07) is 5.74. The second-order valence-corrected chi connectivity index (χ2v) is 3.57. The van der Waals surface area contributed by atoms with Gasteiger partial charge in [-0.2, -0.15) is 13.2 Å². The van der Waals surface area contributed by atoms with Crippen molar-refractivity contribution in [1.29, 1.82) is 0 Å². The molecule has 1 aliphatic rings. The molecule has 0 aromatic heterocycles. The summed E-state index contributed by atoms with van der Waals surface area (Å²) < 4.78 is 38.0. The van der Waals surface area contributed by atoms with E-state index in [0.717, 1.165) is 6.07 Å². The summed E-state index contributed by atoms with van der Waals surface area (Å²) in [5, 5.41) is 0. The lowest BCUT2D eigenvalue weighted by atomic mass is 9.93. The first-order chi connectivity index (χ1) is 7.09. The lowest BCUT2D eigenvalue weighted by Crippen LogP contribution is -2.12. The first-order valence-electron chi connectivity index (χ1n) is 4.73. The molecule has 1 atom stereocenters. The molecule has 0 aliphatic carbocycles. The zero-order valence-corrected chi connectivity index (χ0v) is 7.96. The van der Waals surface area contributed by atoms with Crippen molar-refractivity contribution < 1.29 is 13.2 Å². The number of hydrogen-bond acceptors (Lipinski definition) is 1. The Labute approximate surface area is 85.6 Å². The van der Waals surface area contributed by atoms with Gasteiger partial charge < -0.3 is 0 Å². The topological polar surface area (TPSA) is 12.4 Å². The maximum absolute atomic E-state index is 12.7. The van der Waals surface area contributed by atoms with Crippen LogP contribution in [0, 0.1) is 0 Å². The molecule has 1 aliphatic heterocycles. The molecule has 4 heteroatoms. The van der Waals surface area contributed by atoms with Gasteiger partial charge in [0, 0.05) is 12.5 Å². The molecule has 0 amide bonds. The van der Waals surface area contributed by atoms with Crippen molar-refractivity contribution >= 4 is 6.21 Å². The standard InChI is InChI=1S/C11H10F3N/c12-11(13,14)10-4-2-1-3-9(10)8-5-6-15-7-8/h1-4,6,8H,5,7H2/t8-/m1/s1. The molecule has 80 valence electrons. The van der Waals surface area contributed by atoms with E-state index in [1.54, 1.807) is 18.3 Å². The van der Waals surface area contributed by atoms with Crippen molar-refractivity contribution in [3.05, 3.63) is 35.4 Å². The van der Waals surface area contributed by atoms with Crippen LogP contribution in [0.3, 0.4) is 0 Å². The van der Waals surface area contributed by atoms with E-state index in [1.165, 1.54) is 6.07 Å². The molecule has 0 fully saturated rings. The monoisotopic (exact) mass is 213 g/mol. The molecule has 2 rings (SSSR count). The molecule has 0 saturated carbocycles. The lowest BCUT2D eigenvalue weighted by Gasteiger charge is -2.16. The van der Waals surface area contributed by atoms with Crippen molar-refractivity contribution in [3.63, 3.8) is 0 Å². The molecule has 1 nitrogen and oxygen atoms in total. The minimum atomic E-state index is -4.26. The number of hydrogen-bond donors (Lipinski definition) is 0. The van der Waals surface area contributed by atoms with Crippen LogP contribution >= 0.6 is 0 Å². The van der Waals surface area contributed by atoms with Gasteiger partial charge in [0.1, 0.15) is 0 Å². The van der Waals surface area contributed by atoms with Crippen LogP contribution in [0.4, 0.5) is 13.2 Å². The lowest BCUT2D eigenvalue weighted by molar-refractivity contribution is -0.138. The van der Waals surface area contributed by atoms with Gasteiger partial charge in [-0.05, 0) is 24.3 Å². The number of aliphatic imine (C=N–C) groups is 1. The Hall–Kier alpha value is -1.32. The third-order valence-corrected chi connectivity index (χ3v) is 2.55. The predicted molar refractivity (Wildman–Crippen MR) is 52.2 cm³/mol. The van der Waals surface area contributed by atoms with Gasteiger partial charge in [0.2, 0.25) is 0 Å². The summed E-state index contributed by atoms with van der Waals surface area (Å²) in [5.74, 6) is -0.108. The number of halogens is 3. The predicted octanol–water partition coefficient (Wildman–Crippen LogP) is 3.26. The molecule has 1 aromatic carbocycles. The molecule has 0 radical (unpaired) electrons. The summed E-state index contributed by atoms with van der Waals surface area (Å²) in [6.07, 6.45) is -1.97. The average molecular weight is 213 g/mol. The number of alkyl halides is 3. The second-order valence-electron chi connectivity index (χ2n) is 3.57. The Balaban J connectivity index is 2.38. The molecule has 1 heterocycles. The van der Waals surface area contributed by atoms with E-state index in [4.69, 9.17) is 0 Å². The van der Waals surface area contributed by atoms with Gasteiger partial charge in [0.25, 0.3) is 0 Å². The Morgan fingerprint density at radius 2 is 1.93 bits per heavy atom. The summed E-state index contributed by atoms with van der Waals surface area (Å²) >= 11 is 0. The normalized spacial score (nSPS) is 20.9. The van der Waals surface area contributed by atoms with E-state index in [0.29, 0.717) is 18.5 Å². The molecular weight excluding hydrogens is 203 g/mol. The Morgan fingerprint density at radius 3 is 2.53 bits per heavy atom. The van der Waals surface area contributed by atoms with E-state index in [-0.39, 0.29) is 5.92 Å². The number of rotatable bonds is 1. The average Bonchev–Trinajstić information content (AvgIpc) is 2.69. The van der Waals surface area contributed by atoms with Crippen LogP contribution in [0.25, 0.3) is 0 Å². The third kappa shape index (κ3) is 2.03. The highest BCUT2D eigenvalue weighted by Crippen LogP contribution is 2.36. The first-order valence-corrected chi connectivity index (χ1v) is 4.73. The van der Waals surface area contributed by atoms with Crippen molar-refractivity contribution in [2.75, 3.05) is 6.54 Å². The molecule has 1 aromatic rings. The minimum Gasteiger partial charge on any atom is -0.297 e. The van der Waals surface area contributed by atoms with Gasteiger partial charge >= 0.3 is 6.18 Å². The molecular formula is C11H10F3N. The summed E-state index contributed by atoms with van der Waals surface area (Å²) in [6.45, 7) is 0.465. The van der Waals surface area contributed by atoms with Crippen LogP contribution < -0.4 is 0 Å². The van der Waals surface area contributed by atoms with Gasteiger partial charge in [-0.3, -0.25) is 4.99 Å². The van der Waals surface area contributed by atoms with Gasteiger partial charge in [0.05, 0.1) is 5.56 Å². The smallest absolute Gasteiger partial charge is 0.297 e. The van der Waals surface area contributed by atoms with Crippen LogP contribution in [0.5, 0.6) is 0 Å². The largest absolute Gasteiger partial charge is 0.416 e. The second kappa shape index (κ2) is 3.68. The first kappa shape index (κ1) is 10.2. The van der Waals surface area contributed by atoms with Crippen LogP contribution in [0.2, 0.25) is 0 Å². The summed E-state index contributed by atoms with van der Waals surface area (Å²) in [5.41, 5.74) is -0.164. The highest BCUT2D eigenvalue weighted by Gasteiger charge is 2.35. The van der Waals surface area contributed by atoms with E-state index < -0.39 is 11.7 Å². The van der Waals surface area contributed by atoms with Gasteiger partial charge in [0.15, 0.2) is 0 Å². The maximum atomic E-state index is 12.7. The minimum absolute atomic E-state index is 0.108. The number of nitrogens with zero attached hydrogens (tertiary/aromatic N) is 1. The highest BCUT2D eigenvalue weighted by molar-refractivity contribution is 5.62. The van der Waals surface area contributed by atoms with Crippen molar-refractivity contribution in [3.8, 4) is 0 Å². The Kier molecular flexibility index (Phi) is 2.50. The van der Waals surface area contributed by atoms with E-state index in [9.17, 15) is 13.2 Å². The molecule has 0 N–H and O–H groups in total. The van der Waals surface area contributed by atoms with E-state index in [1.807, 2.05) is 0 Å². The maximum Gasteiger partial charge on any atom is 0.416 e. The number of benzene rings is 1. The Morgan fingerprint density at radius 1 is 1.20 bits per heavy atom. The summed E-state index contributed by atoms with van der Waals surface area (Å²) in [7, 11) is 0. The fourth-order valence-electron chi connectivity index (χ4n) is 1.81. The van der Waals surface area contributed by atoms with Crippen LogP contribution in [0.1, 0.15) is 23.5 Å². The highest BCUT2D eigenvalue weighted by atomic mass is 19.4. The van der Waals surface area contributed by atoms with Gasteiger partial charge in [-0.15, -0.1) is 0 Å². The van der Waals surface area contributed by atoms with Crippen molar-refractivity contribution in [1.82, 2.24) is 0 Å². The zero-order chi connectivity index (χ0) is 10.9. The van der Waals surface area contributed by atoms with Gasteiger partial charge in [-0.1, -0.05) is 18.2 Å². The molecule has 0 saturated heterocycles. The fraction of sp³-hybridized carbons (Fsp3) is 0.364. The zero-order valence-electron chi connectivity index (χ0n) is 7.96. The SMILES string of the molecule is FC(F)(F)c1ccccc1[C@@H]1CC=NC1. The fourth-order valence-corrected chi connectivity index (χ4v) is 1.81. The molecule has 0 bridgehead atoms. The van der Waals surface area contributed by atoms with E-state index in [2.05, 4.69) is 4.99 Å². The quantitative estimate of drug-likeness (QED) is 0.679. The van der Waals surface area contributed by atoms with Crippen molar-refractivity contribution in [2.24, 2.45) is 4.99 Å². The third-order valence-electron chi connectivity index (χ3n) is 2.55. The van der Waals surface area contributed by atoms with Crippen LogP contribution in [-0.2, 0) is 6.18 Å². The van der Waals surface area contributed by atoms with Gasteiger partial charge in [-0.25, -0.2) is 0 Å². The Bertz CT molecular complexity index is 374. The van der Waals surface area contributed by atoms with Crippen LogP contribution in [0.15, 0.2) is 29.3 Å². The van der Waals surface area contributed by atoms with Crippen LogP contribution in [-0.4, -0.2) is 12.8 Å². The molecule has 0 spiro atoms.